The molecule has 0 aromatic carbocycles. The van der Waals surface area contributed by atoms with Crippen molar-refractivity contribution in [3.05, 3.63) is 16.1 Å². The molecule has 1 aliphatic carbocycles. The highest BCUT2D eigenvalue weighted by molar-refractivity contribution is 14.0. The Bertz CT molecular complexity index is 657. The molecule has 0 radical (unpaired) electrons. The number of nitrogens with one attached hydrogen (secondary N) is 2. The summed E-state index contributed by atoms with van der Waals surface area (Å²) in [5, 5.41) is 10.1. The lowest BCUT2D eigenvalue weighted by atomic mass is 9.88. The SMILES string of the molecule is CN=C(NCc1csc(C(C)C)n1)NC1CCN(C(=O)C2CCCCC2)C1.I. The first-order chi connectivity index (χ1) is 13.1. The Balaban J connectivity index is 0.00000280. The normalized spacial score (nSPS) is 20.9. The van der Waals surface area contributed by atoms with Crippen LogP contribution >= 0.6 is 35.3 Å². The molecular formula is C20H34IN5OS. The number of nitrogens with zero attached hydrogens (tertiary/aromatic N) is 3. The smallest absolute Gasteiger partial charge is 0.225 e. The van der Waals surface area contributed by atoms with E-state index in [-0.39, 0.29) is 35.9 Å². The van der Waals surface area contributed by atoms with Crippen LogP contribution in [-0.2, 0) is 11.3 Å². The van der Waals surface area contributed by atoms with Crippen molar-refractivity contribution < 1.29 is 4.79 Å². The van der Waals surface area contributed by atoms with Gasteiger partial charge in [-0.1, -0.05) is 33.1 Å². The number of aromatic nitrogens is 1. The van der Waals surface area contributed by atoms with Crippen LogP contribution in [0.15, 0.2) is 10.4 Å². The van der Waals surface area contributed by atoms with Crippen molar-refractivity contribution in [2.45, 2.75) is 70.9 Å². The van der Waals surface area contributed by atoms with E-state index in [2.05, 4.69) is 44.7 Å². The zero-order valence-electron chi connectivity index (χ0n) is 17.2. The fourth-order valence-corrected chi connectivity index (χ4v) is 4.75. The van der Waals surface area contributed by atoms with E-state index in [9.17, 15) is 4.79 Å². The molecule has 1 aliphatic heterocycles. The van der Waals surface area contributed by atoms with Crippen LogP contribution in [0.1, 0.15) is 69.0 Å². The van der Waals surface area contributed by atoms with Crippen LogP contribution in [-0.4, -0.2) is 47.9 Å². The highest BCUT2D eigenvalue weighted by Crippen LogP contribution is 2.26. The summed E-state index contributed by atoms with van der Waals surface area (Å²) in [5.41, 5.74) is 1.05. The van der Waals surface area contributed by atoms with Gasteiger partial charge in [0.1, 0.15) is 0 Å². The van der Waals surface area contributed by atoms with E-state index < -0.39 is 0 Å². The van der Waals surface area contributed by atoms with Crippen molar-refractivity contribution in [1.82, 2.24) is 20.5 Å². The van der Waals surface area contributed by atoms with Crippen molar-refractivity contribution in [3.8, 4) is 0 Å². The van der Waals surface area contributed by atoms with Crippen molar-refractivity contribution in [2.75, 3.05) is 20.1 Å². The Morgan fingerprint density at radius 1 is 1.32 bits per heavy atom. The molecule has 6 nitrogen and oxygen atoms in total. The largest absolute Gasteiger partial charge is 0.352 e. The second kappa shape index (κ2) is 11.3. The number of rotatable bonds is 5. The third-order valence-corrected chi connectivity index (χ3v) is 6.71. The summed E-state index contributed by atoms with van der Waals surface area (Å²) in [5.74, 6) is 1.87. The third-order valence-electron chi connectivity index (χ3n) is 5.52. The van der Waals surface area contributed by atoms with Crippen molar-refractivity contribution in [2.24, 2.45) is 10.9 Å². The van der Waals surface area contributed by atoms with Gasteiger partial charge in [-0.3, -0.25) is 9.79 Å². The molecule has 1 saturated heterocycles. The number of amides is 1. The standard InChI is InChI=1S/C20H33N5OS.HI/c1-14(2)18-23-17(13-27-18)11-22-20(21-3)24-16-9-10-25(12-16)19(26)15-7-5-4-6-8-15;/h13-16H,4-12H2,1-3H3,(H2,21,22,24);1H. The second-order valence-electron chi connectivity index (χ2n) is 8.01. The minimum absolute atomic E-state index is 0. The van der Waals surface area contributed by atoms with Gasteiger partial charge in [0.2, 0.25) is 5.91 Å². The lowest BCUT2D eigenvalue weighted by Crippen LogP contribution is -2.45. The maximum Gasteiger partial charge on any atom is 0.225 e. The molecular weight excluding hydrogens is 485 g/mol. The number of hydrogen-bond acceptors (Lipinski definition) is 4. The summed E-state index contributed by atoms with van der Waals surface area (Å²) in [4.78, 5) is 23.8. The van der Waals surface area contributed by atoms with E-state index in [0.29, 0.717) is 18.4 Å². The fraction of sp³-hybridized carbons (Fsp3) is 0.750. The van der Waals surface area contributed by atoms with E-state index in [1.54, 1.807) is 18.4 Å². The second-order valence-corrected chi connectivity index (χ2v) is 8.90. The molecule has 0 spiro atoms. The minimum atomic E-state index is 0. The maximum absolute atomic E-state index is 12.7. The van der Waals surface area contributed by atoms with Crippen LogP contribution < -0.4 is 10.6 Å². The molecule has 1 aromatic rings. The van der Waals surface area contributed by atoms with Crippen LogP contribution in [0.4, 0.5) is 0 Å². The van der Waals surface area contributed by atoms with Crippen LogP contribution in [0.2, 0.25) is 0 Å². The number of carbonyl (C=O) groups excluding carboxylic acids is 1. The highest BCUT2D eigenvalue weighted by atomic mass is 127. The number of guanidine groups is 1. The summed E-state index contributed by atoms with van der Waals surface area (Å²) in [7, 11) is 1.79. The van der Waals surface area contributed by atoms with Crippen molar-refractivity contribution in [3.63, 3.8) is 0 Å². The lowest BCUT2D eigenvalue weighted by molar-refractivity contribution is -0.135. The molecule has 2 heterocycles. The summed E-state index contributed by atoms with van der Waals surface area (Å²) < 4.78 is 0. The van der Waals surface area contributed by atoms with E-state index in [1.807, 2.05) is 0 Å². The first-order valence-corrected chi connectivity index (χ1v) is 11.1. The van der Waals surface area contributed by atoms with Gasteiger partial charge >= 0.3 is 0 Å². The monoisotopic (exact) mass is 519 g/mol. The van der Waals surface area contributed by atoms with Gasteiger partial charge in [0.05, 0.1) is 17.2 Å². The van der Waals surface area contributed by atoms with Gasteiger partial charge in [0, 0.05) is 43.4 Å². The Morgan fingerprint density at radius 2 is 2.07 bits per heavy atom. The first-order valence-electron chi connectivity index (χ1n) is 10.3. The van der Waals surface area contributed by atoms with Crippen molar-refractivity contribution >= 4 is 47.2 Å². The predicted octanol–water partition coefficient (Wildman–Crippen LogP) is 3.73. The van der Waals surface area contributed by atoms with Gasteiger partial charge in [-0.05, 0) is 19.3 Å². The van der Waals surface area contributed by atoms with Crippen LogP contribution in [0.5, 0.6) is 0 Å². The molecule has 1 atom stereocenters. The molecule has 0 bridgehead atoms. The Hall–Kier alpha value is -0.900. The van der Waals surface area contributed by atoms with Crippen LogP contribution in [0, 0.1) is 5.92 Å². The van der Waals surface area contributed by atoms with Gasteiger partial charge in [-0.15, -0.1) is 35.3 Å². The van der Waals surface area contributed by atoms with E-state index in [4.69, 9.17) is 0 Å². The van der Waals surface area contributed by atoms with E-state index in [1.165, 1.54) is 24.3 Å². The van der Waals surface area contributed by atoms with Gasteiger partial charge < -0.3 is 15.5 Å². The average Bonchev–Trinajstić information content (AvgIpc) is 3.35. The quantitative estimate of drug-likeness (QED) is 0.354. The number of hydrogen-bond donors (Lipinski definition) is 2. The third kappa shape index (κ3) is 6.30. The molecule has 1 amide bonds. The molecule has 1 saturated carbocycles. The van der Waals surface area contributed by atoms with E-state index >= 15 is 0 Å². The number of aliphatic imine (C=N–C) groups is 1. The molecule has 3 rings (SSSR count). The lowest BCUT2D eigenvalue weighted by Gasteiger charge is -2.26. The number of thiazole rings is 1. The van der Waals surface area contributed by atoms with Gasteiger partial charge in [-0.2, -0.15) is 0 Å². The Morgan fingerprint density at radius 3 is 2.71 bits per heavy atom. The predicted molar refractivity (Wildman–Crippen MR) is 127 cm³/mol. The van der Waals surface area contributed by atoms with Crippen molar-refractivity contribution in [1.29, 1.82) is 0 Å². The number of carbonyl (C=O) groups is 1. The molecule has 2 fully saturated rings. The molecule has 2 N–H and O–H groups in total. The Labute approximate surface area is 190 Å². The zero-order valence-corrected chi connectivity index (χ0v) is 20.4. The number of likely N-dealkylation sites (tertiary alicyclic amines) is 1. The summed E-state index contributed by atoms with van der Waals surface area (Å²) in [6.07, 6.45) is 6.82. The molecule has 158 valence electrons. The molecule has 1 aromatic heterocycles. The summed E-state index contributed by atoms with van der Waals surface area (Å²) >= 11 is 1.71. The van der Waals surface area contributed by atoms with Crippen LogP contribution in [0.25, 0.3) is 0 Å². The average molecular weight is 519 g/mol. The fourth-order valence-electron chi connectivity index (χ4n) is 3.92. The van der Waals surface area contributed by atoms with Crippen LogP contribution in [0.3, 0.4) is 0 Å². The van der Waals surface area contributed by atoms with Gasteiger partial charge in [0.25, 0.3) is 0 Å². The zero-order chi connectivity index (χ0) is 19.2. The molecule has 8 heteroatoms. The summed E-state index contributed by atoms with van der Waals surface area (Å²) in [6, 6.07) is 0.269. The highest BCUT2D eigenvalue weighted by Gasteiger charge is 2.31. The first kappa shape index (κ1) is 23.4. The molecule has 28 heavy (non-hydrogen) atoms. The molecule has 1 unspecified atom stereocenters. The van der Waals surface area contributed by atoms with Gasteiger partial charge in [-0.25, -0.2) is 4.98 Å². The topological polar surface area (TPSA) is 69.6 Å². The minimum Gasteiger partial charge on any atom is -0.352 e. The maximum atomic E-state index is 12.7. The summed E-state index contributed by atoms with van der Waals surface area (Å²) in [6.45, 7) is 6.63. The Kier molecular flexibility index (Phi) is 9.46. The van der Waals surface area contributed by atoms with E-state index in [0.717, 1.165) is 44.0 Å². The molecule has 2 aliphatic rings. The van der Waals surface area contributed by atoms with Gasteiger partial charge in [0.15, 0.2) is 5.96 Å². The number of halogens is 1.